The molecule has 1 aliphatic carbocycles. The Morgan fingerprint density at radius 1 is 0.857 bits per heavy atom. The van der Waals surface area contributed by atoms with E-state index in [0.717, 1.165) is 36.5 Å². The number of Topliss-reactive ketones (excluding diaryl/α,β-unsaturated/α-hetero) is 1. The Bertz CT molecular complexity index is 1180. The van der Waals surface area contributed by atoms with Crippen LogP contribution in [0.3, 0.4) is 0 Å². The molecule has 3 aromatic carbocycles. The summed E-state index contributed by atoms with van der Waals surface area (Å²) in [5, 5.41) is 5.06. The quantitative estimate of drug-likeness (QED) is 0.234. The molecular weight excluding hydrogens is 438 g/mol. The maximum Gasteiger partial charge on any atom is 0.305 e. The van der Waals surface area contributed by atoms with Crippen molar-refractivity contribution in [1.82, 2.24) is 5.32 Å². The summed E-state index contributed by atoms with van der Waals surface area (Å²) in [6.45, 7) is 0.463. The van der Waals surface area contributed by atoms with E-state index >= 15 is 0 Å². The molecule has 1 saturated carbocycles. The molecule has 1 N–H and O–H groups in total. The number of ether oxygens (including phenoxy) is 1. The predicted molar refractivity (Wildman–Crippen MR) is 138 cm³/mol. The van der Waals surface area contributed by atoms with E-state index in [2.05, 4.69) is 17.4 Å². The molecule has 1 amide bonds. The van der Waals surface area contributed by atoms with Crippen molar-refractivity contribution in [3.05, 3.63) is 83.4 Å². The van der Waals surface area contributed by atoms with Gasteiger partial charge in [-0.15, -0.1) is 0 Å². The maximum absolute atomic E-state index is 12.6. The number of methoxy groups -OCH3 is 1. The van der Waals surface area contributed by atoms with E-state index in [9.17, 15) is 14.4 Å². The van der Waals surface area contributed by atoms with Crippen molar-refractivity contribution in [3.63, 3.8) is 0 Å². The predicted octanol–water partition coefficient (Wildman–Crippen LogP) is 6.07. The third-order valence-corrected chi connectivity index (χ3v) is 7.11. The average Bonchev–Trinajstić information content (AvgIpc) is 2.91. The number of carbonyl (C=O) groups excluding carboxylic acids is 3. The van der Waals surface area contributed by atoms with Crippen molar-refractivity contribution < 1.29 is 19.1 Å². The lowest BCUT2D eigenvalue weighted by atomic mass is 9.77. The molecule has 0 radical (unpaired) electrons. The summed E-state index contributed by atoms with van der Waals surface area (Å²) in [7, 11) is 1.44. The Hall–Kier alpha value is -3.47. The van der Waals surface area contributed by atoms with Gasteiger partial charge >= 0.3 is 5.97 Å². The van der Waals surface area contributed by atoms with E-state index in [1.165, 1.54) is 12.7 Å². The fourth-order valence-corrected chi connectivity index (χ4v) is 4.99. The van der Waals surface area contributed by atoms with Gasteiger partial charge in [-0.1, -0.05) is 54.6 Å². The zero-order valence-corrected chi connectivity index (χ0v) is 20.3. The van der Waals surface area contributed by atoms with Gasteiger partial charge in [0.25, 0.3) is 5.91 Å². The van der Waals surface area contributed by atoms with Gasteiger partial charge in [0.05, 0.1) is 7.11 Å². The van der Waals surface area contributed by atoms with E-state index in [4.69, 9.17) is 4.74 Å². The van der Waals surface area contributed by atoms with Crippen LogP contribution in [0.15, 0.2) is 66.7 Å². The highest BCUT2D eigenvalue weighted by Crippen LogP contribution is 2.37. The second kappa shape index (κ2) is 11.8. The zero-order chi connectivity index (χ0) is 24.6. The van der Waals surface area contributed by atoms with Crippen LogP contribution < -0.4 is 5.32 Å². The van der Waals surface area contributed by atoms with E-state index in [1.54, 1.807) is 0 Å². The Kier molecular flexibility index (Phi) is 8.30. The molecule has 0 aliphatic heterocycles. The fourth-order valence-electron chi connectivity index (χ4n) is 4.99. The van der Waals surface area contributed by atoms with Gasteiger partial charge in [0.2, 0.25) is 0 Å². The second-order valence-corrected chi connectivity index (χ2v) is 9.46. The minimum absolute atomic E-state index is 0.0956. The first-order valence-electron chi connectivity index (χ1n) is 12.5. The van der Waals surface area contributed by atoms with Crippen LogP contribution in [-0.2, 0) is 9.53 Å². The molecule has 0 spiro atoms. The van der Waals surface area contributed by atoms with Gasteiger partial charge in [-0.3, -0.25) is 14.4 Å². The molecule has 1 aliphatic rings. The number of hydrogen-bond donors (Lipinski definition) is 1. The summed E-state index contributed by atoms with van der Waals surface area (Å²) < 4.78 is 4.79. The number of hydrogen-bond acceptors (Lipinski definition) is 4. The van der Waals surface area contributed by atoms with Gasteiger partial charge in [-0.2, -0.15) is 0 Å². The standard InChI is InChI=1S/C30H33NO4/c1-35-29(33)19-21-8-10-23(11-9-21)24-12-15-25(16-13-24)28(32)7-4-18-31-30(34)27-17-14-22-5-2-3-6-26(22)20-27/h2-3,5-6,12-17,20-21,23H,4,7-11,18-19H2,1H3,(H,31,34). The molecular formula is C30H33NO4. The van der Waals surface area contributed by atoms with E-state index in [0.29, 0.717) is 48.8 Å². The average molecular weight is 472 g/mol. The minimum atomic E-state index is -0.121. The summed E-state index contributed by atoms with van der Waals surface area (Å²) in [5.41, 5.74) is 2.61. The molecule has 0 unspecified atom stereocenters. The molecule has 5 heteroatoms. The summed E-state index contributed by atoms with van der Waals surface area (Å²) in [6, 6.07) is 21.6. The number of benzene rings is 3. The van der Waals surface area contributed by atoms with Crippen LogP contribution in [0.5, 0.6) is 0 Å². The van der Waals surface area contributed by atoms with Gasteiger partial charge in [-0.25, -0.2) is 0 Å². The monoisotopic (exact) mass is 471 g/mol. The lowest BCUT2D eigenvalue weighted by Crippen LogP contribution is -2.24. The van der Waals surface area contributed by atoms with Gasteiger partial charge in [0.15, 0.2) is 5.78 Å². The number of fused-ring (bicyclic) bond motifs is 1. The van der Waals surface area contributed by atoms with Crippen molar-refractivity contribution in [2.24, 2.45) is 5.92 Å². The number of carbonyl (C=O) groups is 3. The molecule has 1 fully saturated rings. The minimum Gasteiger partial charge on any atom is -0.469 e. The Morgan fingerprint density at radius 3 is 2.26 bits per heavy atom. The Morgan fingerprint density at radius 2 is 1.54 bits per heavy atom. The van der Waals surface area contributed by atoms with Gasteiger partial charge in [-0.05, 0) is 72.4 Å². The Labute approximate surface area is 206 Å². The van der Waals surface area contributed by atoms with Crippen molar-refractivity contribution in [2.75, 3.05) is 13.7 Å². The van der Waals surface area contributed by atoms with Gasteiger partial charge in [0, 0.05) is 30.5 Å². The van der Waals surface area contributed by atoms with E-state index < -0.39 is 0 Å². The first kappa shape index (κ1) is 24.6. The number of nitrogens with one attached hydrogen (secondary N) is 1. The number of esters is 1. The summed E-state index contributed by atoms with van der Waals surface area (Å²) in [4.78, 5) is 36.6. The van der Waals surface area contributed by atoms with Gasteiger partial charge in [0.1, 0.15) is 0 Å². The number of amides is 1. The molecule has 0 aromatic heterocycles. The molecule has 4 rings (SSSR count). The normalized spacial score (nSPS) is 17.6. The van der Waals surface area contributed by atoms with Crippen LogP contribution in [-0.4, -0.2) is 31.3 Å². The van der Waals surface area contributed by atoms with Crippen molar-refractivity contribution >= 4 is 28.4 Å². The van der Waals surface area contributed by atoms with Crippen LogP contribution in [0.25, 0.3) is 10.8 Å². The highest BCUT2D eigenvalue weighted by Gasteiger charge is 2.24. The molecule has 5 nitrogen and oxygen atoms in total. The molecule has 3 aromatic rings. The second-order valence-electron chi connectivity index (χ2n) is 9.46. The molecule has 0 heterocycles. The number of rotatable bonds is 9. The van der Waals surface area contributed by atoms with Gasteiger partial charge < -0.3 is 10.1 Å². The highest BCUT2D eigenvalue weighted by atomic mass is 16.5. The van der Waals surface area contributed by atoms with E-state index in [1.807, 2.05) is 54.6 Å². The van der Waals surface area contributed by atoms with Crippen molar-refractivity contribution in [2.45, 2.75) is 50.9 Å². The van der Waals surface area contributed by atoms with Crippen molar-refractivity contribution in [3.8, 4) is 0 Å². The lowest BCUT2D eigenvalue weighted by molar-refractivity contribution is -0.142. The summed E-state index contributed by atoms with van der Waals surface area (Å²) in [6.07, 6.45) is 5.70. The first-order chi connectivity index (χ1) is 17.0. The SMILES string of the molecule is COC(=O)CC1CCC(c2ccc(C(=O)CCCNC(=O)c3ccc4ccccc4c3)cc2)CC1. The van der Waals surface area contributed by atoms with E-state index in [-0.39, 0.29) is 17.7 Å². The lowest BCUT2D eigenvalue weighted by Gasteiger charge is -2.28. The van der Waals surface area contributed by atoms with Crippen LogP contribution in [0.2, 0.25) is 0 Å². The zero-order valence-electron chi connectivity index (χ0n) is 20.3. The molecule has 182 valence electrons. The summed E-state index contributed by atoms with van der Waals surface area (Å²) in [5.74, 6) is 0.761. The summed E-state index contributed by atoms with van der Waals surface area (Å²) >= 11 is 0. The molecule has 0 atom stereocenters. The van der Waals surface area contributed by atoms with Crippen LogP contribution in [0.1, 0.15) is 77.1 Å². The van der Waals surface area contributed by atoms with Crippen LogP contribution in [0.4, 0.5) is 0 Å². The smallest absolute Gasteiger partial charge is 0.305 e. The van der Waals surface area contributed by atoms with Crippen LogP contribution >= 0.6 is 0 Å². The fraction of sp³-hybridized carbons (Fsp3) is 0.367. The number of ketones is 1. The van der Waals surface area contributed by atoms with Crippen LogP contribution in [0, 0.1) is 5.92 Å². The topological polar surface area (TPSA) is 72.5 Å². The molecule has 35 heavy (non-hydrogen) atoms. The Balaban J connectivity index is 1.20. The first-order valence-corrected chi connectivity index (χ1v) is 12.5. The molecule has 0 saturated heterocycles. The van der Waals surface area contributed by atoms with Crippen molar-refractivity contribution in [1.29, 1.82) is 0 Å². The molecule has 0 bridgehead atoms. The largest absolute Gasteiger partial charge is 0.469 e. The third kappa shape index (κ3) is 6.56. The maximum atomic E-state index is 12.6. The third-order valence-electron chi connectivity index (χ3n) is 7.11. The highest BCUT2D eigenvalue weighted by molar-refractivity contribution is 5.99.